The Morgan fingerprint density at radius 1 is 1.04 bits per heavy atom. The van der Waals surface area contributed by atoms with Crippen LogP contribution in [0.2, 0.25) is 5.02 Å². The Morgan fingerprint density at radius 2 is 1.63 bits per heavy atom. The van der Waals surface area contributed by atoms with Crippen LogP contribution < -0.4 is 10.5 Å². The van der Waals surface area contributed by atoms with Crippen LogP contribution in [0, 0.1) is 5.82 Å². The molecule has 3 N–H and O–H groups in total. The lowest BCUT2D eigenvalue weighted by Crippen LogP contribution is -2.41. The molecule has 2 rings (SSSR count). The summed E-state index contributed by atoms with van der Waals surface area (Å²) in [6, 6.07) is 7.64. The summed E-state index contributed by atoms with van der Waals surface area (Å²) in [4.78, 5) is 0. The van der Waals surface area contributed by atoms with E-state index in [-0.39, 0.29) is 5.56 Å². The number of aliphatic hydroxyl groups excluding tert-OH is 1. The molecule has 0 spiro atoms. The van der Waals surface area contributed by atoms with Gasteiger partial charge in [-0.2, -0.15) is 22.0 Å². The van der Waals surface area contributed by atoms with Gasteiger partial charge in [-0.05, 0) is 29.8 Å². The summed E-state index contributed by atoms with van der Waals surface area (Å²) in [5.41, 5.74) is 6.06. The fourth-order valence-electron chi connectivity index (χ4n) is 2.15. The lowest BCUT2D eigenvalue weighted by molar-refractivity contribution is -0.290. The summed E-state index contributed by atoms with van der Waals surface area (Å²) in [5, 5.41) is 10.7. The van der Waals surface area contributed by atoms with E-state index in [2.05, 4.69) is 4.74 Å². The van der Waals surface area contributed by atoms with Gasteiger partial charge in [0, 0.05) is 16.7 Å². The Balaban J connectivity index is 2.12. The minimum Gasteiger partial charge on any atom is -0.487 e. The molecule has 0 aliphatic rings. The second-order valence-corrected chi connectivity index (χ2v) is 6.13. The van der Waals surface area contributed by atoms with Crippen molar-refractivity contribution in [2.24, 2.45) is 5.73 Å². The highest BCUT2D eigenvalue weighted by atomic mass is 35.5. The van der Waals surface area contributed by atoms with Crippen LogP contribution in [-0.2, 0) is 0 Å². The second kappa shape index (κ2) is 7.95. The number of benzene rings is 2. The van der Waals surface area contributed by atoms with Gasteiger partial charge in [-0.25, -0.2) is 4.39 Å². The van der Waals surface area contributed by atoms with Crippen molar-refractivity contribution >= 4 is 11.6 Å². The lowest BCUT2D eigenvalue weighted by atomic mass is 9.96. The Labute approximate surface area is 155 Å². The Hall–Kier alpha value is -1.97. The highest BCUT2D eigenvalue weighted by Crippen LogP contribution is 2.36. The third-order valence-corrected chi connectivity index (χ3v) is 3.97. The number of rotatable bonds is 6. The van der Waals surface area contributed by atoms with Crippen LogP contribution in [0.25, 0.3) is 0 Å². The van der Waals surface area contributed by atoms with E-state index in [1.165, 1.54) is 24.3 Å². The highest BCUT2D eigenvalue weighted by Gasteiger charge is 2.58. The van der Waals surface area contributed by atoms with Crippen LogP contribution in [0.3, 0.4) is 0 Å². The van der Waals surface area contributed by atoms with Gasteiger partial charge in [0.1, 0.15) is 17.7 Å². The number of alkyl halides is 5. The molecule has 0 fully saturated rings. The van der Waals surface area contributed by atoms with E-state index in [1.54, 1.807) is 0 Å². The van der Waals surface area contributed by atoms with Gasteiger partial charge in [-0.1, -0.05) is 23.7 Å². The maximum Gasteiger partial charge on any atom is 0.456 e. The van der Waals surface area contributed by atoms with Crippen molar-refractivity contribution in [1.29, 1.82) is 0 Å². The summed E-state index contributed by atoms with van der Waals surface area (Å²) >= 11 is 5.74. The van der Waals surface area contributed by atoms with Crippen LogP contribution in [-0.4, -0.2) is 23.8 Å². The molecule has 0 aliphatic heterocycles. The van der Waals surface area contributed by atoms with Crippen molar-refractivity contribution in [3.63, 3.8) is 0 Å². The highest BCUT2D eigenvalue weighted by molar-refractivity contribution is 6.30. The first-order valence-corrected chi connectivity index (χ1v) is 7.86. The summed E-state index contributed by atoms with van der Waals surface area (Å²) in [6.07, 6.45) is -7.29. The van der Waals surface area contributed by atoms with E-state index in [4.69, 9.17) is 17.3 Å². The molecule has 1 unspecified atom stereocenters. The van der Waals surface area contributed by atoms with Crippen molar-refractivity contribution in [2.75, 3.05) is 6.61 Å². The molecule has 2 aromatic rings. The molecule has 0 heterocycles. The lowest BCUT2D eigenvalue weighted by Gasteiger charge is -2.22. The van der Waals surface area contributed by atoms with Gasteiger partial charge in [0.05, 0.1) is 6.04 Å². The number of halogens is 7. The SMILES string of the molecule is N[C@@H](c1ccc(Cl)cc1)C(O)c1ccc(OCC(F)(F)C(F)(F)F)cc1F. The minimum atomic E-state index is -5.78. The Bertz CT molecular complexity index is 782. The summed E-state index contributed by atoms with van der Waals surface area (Å²) in [7, 11) is 0. The first-order valence-electron chi connectivity index (χ1n) is 7.48. The van der Waals surface area contributed by atoms with Gasteiger partial charge in [0.15, 0.2) is 6.61 Å². The summed E-state index contributed by atoms with van der Waals surface area (Å²) in [6.45, 7) is -2.00. The molecule has 0 radical (unpaired) electrons. The minimum absolute atomic E-state index is 0.271. The molecule has 0 saturated carbocycles. The molecule has 0 bridgehead atoms. The molecule has 148 valence electrons. The van der Waals surface area contributed by atoms with Gasteiger partial charge in [-0.3, -0.25) is 0 Å². The third-order valence-electron chi connectivity index (χ3n) is 3.72. The number of aliphatic hydroxyl groups is 1. The zero-order valence-corrected chi connectivity index (χ0v) is 14.2. The van der Waals surface area contributed by atoms with Crippen molar-refractivity contribution < 1.29 is 36.2 Å². The molecule has 0 amide bonds. The smallest absolute Gasteiger partial charge is 0.456 e. The summed E-state index contributed by atoms with van der Waals surface area (Å²) < 4.78 is 80.5. The van der Waals surface area contributed by atoms with Gasteiger partial charge in [-0.15, -0.1) is 0 Å². The van der Waals surface area contributed by atoms with Crippen LogP contribution in [0.1, 0.15) is 23.3 Å². The van der Waals surface area contributed by atoms with Crippen molar-refractivity contribution in [3.05, 3.63) is 64.4 Å². The second-order valence-electron chi connectivity index (χ2n) is 5.70. The van der Waals surface area contributed by atoms with E-state index >= 15 is 0 Å². The Kier molecular flexibility index (Phi) is 6.28. The van der Waals surface area contributed by atoms with Crippen molar-refractivity contribution in [2.45, 2.75) is 24.2 Å². The standard InChI is InChI=1S/C17H14ClF6NO2/c18-10-3-1-9(2-4-10)14(25)15(26)12-6-5-11(7-13(12)19)27-8-16(20,21)17(22,23)24/h1-7,14-15,26H,8,25H2/t14-,15?/m0/s1. The topological polar surface area (TPSA) is 55.5 Å². The van der Waals surface area contributed by atoms with E-state index in [1.807, 2.05) is 0 Å². The molecule has 2 aromatic carbocycles. The number of nitrogens with two attached hydrogens (primary N) is 1. The molecule has 0 saturated heterocycles. The van der Waals surface area contributed by atoms with Gasteiger partial charge >= 0.3 is 12.1 Å². The predicted octanol–water partition coefficient (Wildman–Crippen LogP) is 4.79. The first kappa shape index (κ1) is 21.3. The maximum absolute atomic E-state index is 14.2. The third kappa shape index (κ3) is 5.06. The Morgan fingerprint density at radius 3 is 2.15 bits per heavy atom. The van der Waals surface area contributed by atoms with Gasteiger partial charge in [0.2, 0.25) is 0 Å². The molecular weight excluding hydrogens is 400 g/mol. The molecule has 0 aliphatic carbocycles. The molecule has 2 atom stereocenters. The van der Waals surface area contributed by atoms with E-state index in [9.17, 15) is 31.4 Å². The predicted molar refractivity (Wildman–Crippen MR) is 86.2 cm³/mol. The van der Waals surface area contributed by atoms with Crippen molar-refractivity contribution in [1.82, 2.24) is 0 Å². The largest absolute Gasteiger partial charge is 0.487 e. The fourth-order valence-corrected chi connectivity index (χ4v) is 2.28. The fraction of sp³-hybridized carbons (Fsp3) is 0.294. The van der Waals surface area contributed by atoms with Gasteiger partial charge in [0.25, 0.3) is 0 Å². The first-order chi connectivity index (χ1) is 12.4. The number of hydrogen-bond acceptors (Lipinski definition) is 3. The van der Waals surface area contributed by atoms with Crippen LogP contribution in [0.15, 0.2) is 42.5 Å². The van der Waals surface area contributed by atoms with Crippen LogP contribution in [0.4, 0.5) is 26.3 Å². The number of ether oxygens (including phenoxy) is 1. The summed E-state index contributed by atoms with van der Waals surface area (Å²) in [5.74, 6) is -6.70. The van der Waals surface area contributed by atoms with E-state index < -0.39 is 42.4 Å². The molecule has 10 heteroatoms. The molecule has 27 heavy (non-hydrogen) atoms. The van der Waals surface area contributed by atoms with E-state index in [0.29, 0.717) is 16.7 Å². The molecular formula is C17H14ClF6NO2. The number of hydrogen-bond donors (Lipinski definition) is 2. The van der Waals surface area contributed by atoms with Crippen LogP contribution in [0.5, 0.6) is 5.75 Å². The maximum atomic E-state index is 14.2. The normalized spacial score (nSPS) is 14.7. The molecule has 3 nitrogen and oxygen atoms in total. The van der Waals surface area contributed by atoms with E-state index in [0.717, 1.165) is 12.1 Å². The average molecular weight is 414 g/mol. The molecule has 0 aromatic heterocycles. The average Bonchev–Trinajstić information content (AvgIpc) is 2.58. The monoisotopic (exact) mass is 413 g/mol. The zero-order chi connectivity index (χ0) is 20.4. The van der Waals surface area contributed by atoms with Crippen molar-refractivity contribution in [3.8, 4) is 5.75 Å². The zero-order valence-electron chi connectivity index (χ0n) is 13.5. The van der Waals surface area contributed by atoms with Crippen LogP contribution >= 0.6 is 11.6 Å². The van der Waals surface area contributed by atoms with Gasteiger partial charge < -0.3 is 15.6 Å². The quantitative estimate of drug-likeness (QED) is 0.670.